The van der Waals surface area contributed by atoms with Gasteiger partial charge in [0, 0.05) is 37.0 Å². The molecule has 5 nitrogen and oxygen atoms in total. The zero-order chi connectivity index (χ0) is 19.7. The second-order valence-corrected chi connectivity index (χ2v) is 7.49. The van der Waals surface area contributed by atoms with E-state index < -0.39 is 0 Å². The van der Waals surface area contributed by atoms with E-state index in [0.717, 1.165) is 56.3 Å². The molecule has 1 aliphatic rings. The number of benzene rings is 2. The number of nitrogens with one attached hydrogen (secondary N) is 1. The standard InChI is InChI=1S/C24H30N4O/c1-3-9-21(10-4-1)24-22(20-28(26-24)23-11-5-2-6-12-23)19-25-13-7-8-14-27-15-17-29-18-16-27/h1-6,9-12,20,25H,7-8,13-19H2. The van der Waals surface area contributed by atoms with Gasteiger partial charge in [0.2, 0.25) is 0 Å². The van der Waals surface area contributed by atoms with Gasteiger partial charge < -0.3 is 10.1 Å². The summed E-state index contributed by atoms with van der Waals surface area (Å²) in [5.74, 6) is 0. The van der Waals surface area contributed by atoms with Crippen LogP contribution in [-0.2, 0) is 11.3 Å². The highest BCUT2D eigenvalue weighted by atomic mass is 16.5. The fourth-order valence-corrected chi connectivity index (χ4v) is 3.72. The number of para-hydroxylation sites is 1. The molecule has 2 aromatic carbocycles. The van der Waals surface area contributed by atoms with E-state index in [1.165, 1.54) is 24.9 Å². The maximum Gasteiger partial charge on any atom is 0.0972 e. The van der Waals surface area contributed by atoms with Gasteiger partial charge >= 0.3 is 0 Å². The van der Waals surface area contributed by atoms with E-state index in [4.69, 9.17) is 9.84 Å². The smallest absolute Gasteiger partial charge is 0.0972 e. The van der Waals surface area contributed by atoms with Crippen LogP contribution in [0.1, 0.15) is 18.4 Å². The lowest BCUT2D eigenvalue weighted by atomic mass is 10.1. The summed E-state index contributed by atoms with van der Waals surface area (Å²) in [6, 6.07) is 20.7. The Hall–Kier alpha value is -2.47. The van der Waals surface area contributed by atoms with Crippen molar-refractivity contribution in [1.29, 1.82) is 0 Å². The average Bonchev–Trinajstić information content (AvgIpc) is 3.22. The van der Waals surface area contributed by atoms with E-state index in [1.807, 2.05) is 28.9 Å². The quantitative estimate of drug-likeness (QED) is 0.565. The fraction of sp³-hybridized carbons (Fsp3) is 0.375. The van der Waals surface area contributed by atoms with Crippen LogP contribution in [-0.4, -0.2) is 54.1 Å². The van der Waals surface area contributed by atoms with E-state index in [9.17, 15) is 0 Å². The molecule has 152 valence electrons. The largest absolute Gasteiger partial charge is 0.379 e. The van der Waals surface area contributed by atoms with Crippen LogP contribution in [0.2, 0.25) is 0 Å². The lowest BCUT2D eigenvalue weighted by Gasteiger charge is -2.26. The Bertz CT molecular complexity index is 857. The molecular formula is C24H30N4O. The predicted molar refractivity (Wildman–Crippen MR) is 117 cm³/mol. The third-order valence-electron chi connectivity index (χ3n) is 5.36. The van der Waals surface area contributed by atoms with Crippen molar-refractivity contribution in [2.45, 2.75) is 19.4 Å². The maximum absolute atomic E-state index is 5.41. The van der Waals surface area contributed by atoms with Crippen molar-refractivity contribution in [3.8, 4) is 16.9 Å². The molecule has 1 N–H and O–H groups in total. The zero-order valence-electron chi connectivity index (χ0n) is 17.0. The van der Waals surface area contributed by atoms with Gasteiger partial charge in [0.25, 0.3) is 0 Å². The first kappa shape index (κ1) is 19.8. The van der Waals surface area contributed by atoms with Gasteiger partial charge in [-0.05, 0) is 38.1 Å². The molecule has 1 aromatic heterocycles. The molecule has 0 spiro atoms. The molecule has 0 saturated carbocycles. The van der Waals surface area contributed by atoms with Gasteiger partial charge in [-0.3, -0.25) is 4.90 Å². The second-order valence-electron chi connectivity index (χ2n) is 7.49. The van der Waals surface area contributed by atoms with Crippen molar-refractivity contribution in [1.82, 2.24) is 20.0 Å². The van der Waals surface area contributed by atoms with Gasteiger partial charge in [0.1, 0.15) is 0 Å². The molecule has 29 heavy (non-hydrogen) atoms. The minimum Gasteiger partial charge on any atom is -0.379 e. The summed E-state index contributed by atoms with van der Waals surface area (Å²) >= 11 is 0. The molecule has 3 aromatic rings. The lowest BCUT2D eigenvalue weighted by molar-refractivity contribution is 0.0372. The molecule has 5 heteroatoms. The molecule has 0 aliphatic carbocycles. The Balaban J connectivity index is 1.35. The van der Waals surface area contributed by atoms with Crippen LogP contribution in [0.5, 0.6) is 0 Å². The van der Waals surface area contributed by atoms with Crippen molar-refractivity contribution in [2.75, 3.05) is 39.4 Å². The van der Waals surface area contributed by atoms with Gasteiger partial charge in [0.05, 0.1) is 24.6 Å². The molecule has 1 saturated heterocycles. The SMILES string of the molecule is c1ccc(-c2nn(-c3ccccc3)cc2CNCCCCN2CCOCC2)cc1. The van der Waals surface area contributed by atoms with Crippen LogP contribution >= 0.6 is 0 Å². The van der Waals surface area contributed by atoms with Crippen LogP contribution in [0, 0.1) is 0 Å². The molecule has 0 amide bonds. The number of nitrogens with zero attached hydrogens (tertiary/aromatic N) is 3. The van der Waals surface area contributed by atoms with Crippen LogP contribution in [0.4, 0.5) is 0 Å². The number of hydrogen-bond acceptors (Lipinski definition) is 4. The summed E-state index contributed by atoms with van der Waals surface area (Å²) in [6.45, 7) is 6.94. The average molecular weight is 391 g/mol. The van der Waals surface area contributed by atoms with Gasteiger partial charge in [-0.2, -0.15) is 5.10 Å². The van der Waals surface area contributed by atoms with Gasteiger partial charge in [0.15, 0.2) is 0 Å². The van der Waals surface area contributed by atoms with Gasteiger partial charge in [-0.15, -0.1) is 0 Å². The summed E-state index contributed by atoms with van der Waals surface area (Å²) in [5, 5.41) is 8.50. The molecule has 0 unspecified atom stereocenters. The summed E-state index contributed by atoms with van der Waals surface area (Å²) < 4.78 is 7.40. The number of morpholine rings is 1. The second kappa shape index (κ2) is 10.3. The number of rotatable bonds is 9. The van der Waals surface area contributed by atoms with Crippen molar-refractivity contribution >= 4 is 0 Å². The Labute approximate surface area is 173 Å². The number of ether oxygens (including phenoxy) is 1. The van der Waals surface area contributed by atoms with E-state index in [2.05, 4.69) is 52.8 Å². The molecular weight excluding hydrogens is 360 g/mol. The van der Waals surface area contributed by atoms with Crippen molar-refractivity contribution in [2.24, 2.45) is 0 Å². The molecule has 1 aliphatic heterocycles. The third kappa shape index (κ3) is 5.54. The Morgan fingerprint density at radius 1 is 0.897 bits per heavy atom. The first-order chi connectivity index (χ1) is 14.4. The highest BCUT2D eigenvalue weighted by Crippen LogP contribution is 2.23. The maximum atomic E-state index is 5.41. The topological polar surface area (TPSA) is 42.3 Å². The van der Waals surface area contributed by atoms with Crippen molar-refractivity contribution in [3.63, 3.8) is 0 Å². The summed E-state index contributed by atoms with van der Waals surface area (Å²) in [7, 11) is 0. The first-order valence-electron chi connectivity index (χ1n) is 10.6. The van der Waals surface area contributed by atoms with Crippen LogP contribution < -0.4 is 5.32 Å². The third-order valence-corrected chi connectivity index (χ3v) is 5.36. The number of hydrogen-bond donors (Lipinski definition) is 1. The van der Waals surface area contributed by atoms with E-state index >= 15 is 0 Å². The minimum atomic E-state index is 0.828. The van der Waals surface area contributed by atoms with E-state index in [1.54, 1.807) is 0 Å². The summed E-state index contributed by atoms with van der Waals surface area (Å²) in [4.78, 5) is 2.50. The first-order valence-corrected chi connectivity index (χ1v) is 10.6. The Kier molecular flexibility index (Phi) is 7.08. The molecule has 4 rings (SSSR count). The van der Waals surface area contributed by atoms with Gasteiger partial charge in [-0.1, -0.05) is 48.5 Å². The van der Waals surface area contributed by atoms with E-state index in [-0.39, 0.29) is 0 Å². The molecule has 1 fully saturated rings. The summed E-state index contributed by atoms with van der Waals surface area (Å²) in [5.41, 5.74) is 4.52. The van der Waals surface area contributed by atoms with Gasteiger partial charge in [-0.25, -0.2) is 4.68 Å². The molecule has 0 bridgehead atoms. The summed E-state index contributed by atoms with van der Waals surface area (Å²) in [6.07, 6.45) is 4.56. The zero-order valence-corrected chi connectivity index (χ0v) is 17.0. The molecule has 2 heterocycles. The van der Waals surface area contributed by atoms with Crippen LogP contribution in [0.15, 0.2) is 66.9 Å². The minimum absolute atomic E-state index is 0.828. The Morgan fingerprint density at radius 2 is 1.62 bits per heavy atom. The van der Waals surface area contributed by atoms with Crippen LogP contribution in [0.25, 0.3) is 16.9 Å². The predicted octanol–water partition coefficient (Wildman–Crippen LogP) is 3.74. The number of aromatic nitrogens is 2. The molecule has 0 radical (unpaired) electrons. The molecule has 0 atom stereocenters. The van der Waals surface area contributed by atoms with Crippen molar-refractivity contribution in [3.05, 3.63) is 72.4 Å². The number of unbranched alkanes of at least 4 members (excludes halogenated alkanes) is 1. The monoisotopic (exact) mass is 390 g/mol. The van der Waals surface area contributed by atoms with Crippen molar-refractivity contribution < 1.29 is 4.74 Å². The lowest BCUT2D eigenvalue weighted by Crippen LogP contribution is -2.37. The highest BCUT2D eigenvalue weighted by molar-refractivity contribution is 5.63. The Morgan fingerprint density at radius 3 is 2.38 bits per heavy atom. The fourth-order valence-electron chi connectivity index (χ4n) is 3.72. The van der Waals surface area contributed by atoms with E-state index in [0.29, 0.717) is 0 Å². The normalized spacial score (nSPS) is 14.9. The highest BCUT2D eigenvalue weighted by Gasteiger charge is 2.12. The van der Waals surface area contributed by atoms with Crippen LogP contribution in [0.3, 0.4) is 0 Å².